The molecule has 4 nitrogen and oxygen atoms in total. The van der Waals surface area contributed by atoms with Gasteiger partial charge in [-0.05, 0) is 12.1 Å². The van der Waals surface area contributed by atoms with E-state index in [1.54, 1.807) is 7.05 Å². The van der Waals surface area contributed by atoms with Crippen molar-refractivity contribution in [2.75, 3.05) is 26.8 Å². The summed E-state index contributed by atoms with van der Waals surface area (Å²) < 4.78 is 18.7. The molecule has 1 aliphatic heterocycles. The minimum absolute atomic E-state index is 0.0247. The highest BCUT2D eigenvalue weighted by Crippen LogP contribution is 2.27. The van der Waals surface area contributed by atoms with Gasteiger partial charge in [0.1, 0.15) is 5.82 Å². The number of benzene rings is 1. The molecule has 1 aliphatic rings. The third kappa shape index (κ3) is 3.86. The zero-order valence-electron chi connectivity index (χ0n) is 11.5. The lowest BCUT2D eigenvalue weighted by Crippen LogP contribution is -2.47. The van der Waals surface area contributed by atoms with Crippen molar-refractivity contribution in [1.82, 2.24) is 4.90 Å². The fraction of sp³-hybridized carbons (Fsp3) is 0.500. The molecule has 1 aromatic rings. The number of amides is 1. The van der Waals surface area contributed by atoms with E-state index >= 15 is 0 Å². The number of halogens is 3. The number of hydrogen-bond acceptors (Lipinski definition) is 3. The topological polar surface area (TPSA) is 49.8 Å². The van der Waals surface area contributed by atoms with Gasteiger partial charge in [0.15, 0.2) is 0 Å². The molecule has 1 N–H and O–H groups in total. The molecular formula is C14H16Cl2FNO3. The van der Waals surface area contributed by atoms with Crippen LogP contribution in [-0.4, -0.2) is 48.3 Å². The van der Waals surface area contributed by atoms with Crippen molar-refractivity contribution in [3.63, 3.8) is 0 Å². The van der Waals surface area contributed by atoms with Crippen LogP contribution in [0.5, 0.6) is 0 Å². The van der Waals surface area contributed by atoms with Gasteiger partial charge >= 0.3 is 0 Å². The first kappa shape index (κ1) is 16.5. The Kier molecular flexibility index (Phi) is 5.09. The molecule has 1 saturated heterocycles. The number of likely N-dealkylation sites (N-methyl/N-ethyl adjacent to an activating group) is 1. The molecule has 0 atom stereocenters. The Morgan fingerprint density at radius 2 is 2.00 bits per heavy atom. The highest BCUT2D eigenvalue weighted by molar-refractivity contribution is 6.36. The van der Waals surface area contributed by atoms with Gasteiger partial charge in [0.05, 0.1) is 21.2 Å². The Bertz CT molecular complexity index is 547. The molecule has 0 saturated carbocycles. The summed E-state index contributed by atoms with van der Waals surface area (Å²) in [6.45, 7) is 1.04. The number of aliphatic hydroxyl groups is 1. The maximum atomic E-state index is 13.5. The van der Waals surface area contributed by atoms with E-state index < -0.39 is 17.3 Å². The van der Waals surface area contributed by atoms with Gasteiger partial charge in [0.25, 0.3) is 5.91 Å². The van der Waals surface area contributed by atoms with Gasteiger partial charge in [-0.1, -0.05) is 23.2 Å². The van der Waals surface area contributed by atoms with Crippen molar-refractivity contribution >= 4 is 29.1 Å². The first-order valence-corrected chi connectivity index (χ1v) is 7.28. The van der Waals surface area contributed by atoms with Crippen LogP contribution in [-0.2, 0) is 4.74 Å². The number of nitrogens with zero attached hydrogens (tertiary/aromatic N) is 1. The number of hydrogen-bond donors (Lipinski definition) is 1. The van der Waals surface area contributed by atoms with Gasteiger partial charge in [-0.25, -0.2) is 4.39 Å². The Labute approximate surface area is 132 Å². The molecule has 7 heteroatoms. The Hall–Kier alpha value is -0.880. The average molecular weight is 336 g/mol. The highest BCUT2D eigenvalue weighted by atomic mass is 35.5. The standard InChI is InChI=1S/C14H16Cl2FNO3/c1-18(8-14(20)2-4-21-5-3-14)13(19)9-6-12(17)11(16)7-10(9)15/h6-7,20H,2-5,8H2,1H3. The van der Waals surface area contributed by atoms with Crippen LogP contribution in [0.25, 0.3) is 0 Å². The van der Waals surface area contributed by atoms with Crippen LogP contribution in [0, 0.1) is 5.82 Å². The molecule has 1 fully saturated rings. The van der Waals surface area contributed by atoms with Crippen LogP contribution in [0.2, 0.25) is 10.0 Å². The minimum Gasteiger partial charge on any atom is -0.388 e. The summed E-state index contributed by atoms with van der Waals surface area (Å²) in [5.41, 5.74) is -0.961. The molecule has 0 aromatic heterocycles. The van der Waals surface area contributed by atoms with Crippen molar-refractivity contribution in [2.45, 2.75) is 18.4 Å². The van der Waals surface area contributed by atoms with E-state index in [4.69, 9.17) is 27.9 Å². The smallest absolute Gasteiger partial charge is 0.255 e. The summed E-state index contributed by atoms with van der Waals surface area (Å²) >= 11 is 11.5. The van der Waals surface area contributed by atoms with E-state index in [0.717, 1.165) is 6.07 Å². The summed E-state index contributed by atoms with van der Waals surface area (Å²) in [4.78, 5) is 13.7. The van der Waals surface area contributed by atoms with E-state index in [0.29, 0.717) is 26.1 Å². The van der Waals surface area contributed by atoms with Gasteiger partial charge < -0.3 is 14.7 Å². The summed E-state index contributed by atoms with van der Waals surface area (Å²) in [5.74, 6) is -1.17. The Balaban J connectivity index is 2.14. The highest BCUT2D eigenvalue weighted by Gasteiger charge is 2.33. The Morgan fingerprint density at radius 1 is 1.38 bits per heavy atom. The third-order valence-electron chi connectivity index (χ3n) is 3.54. The average Bonchev–Trinajstić information content (AvgIpc) is 2.42. The fourth-order valence-electron chi connectivity index (χ4n) is 2.31. The van der Waals surface area contributed by atoms with Gasteiger partial charge in [-0.3, -0.25) is 4.79 Å². The van der Waals surface area contributed by atoms with Crippen LogP contribution in [0.4, 0.5) is 4.39 Å². The number of carbonyl (C=O) groups excluding carboxylic acids is 1. The second-order valence-electron chi connectivity index (χ2n) is 5.24. The lowest BCUT2D eigenvalue weighted by Gasteiger charge is -2.35. The maximum absolute atomic E-state index is 13.5. The molecule has 0 unspecified atom stereocenters. The molecule has 21 heavy (non-hydrogen) atoms. The summed E-state index contributed by atoms with van der Waals surface area (Å²) in [5, 5.41) is 10.3. The summed E-state index contributed by atoms with van der Waals surface area (Å²) in [7, 11) is 1.54. The van der Waals surface area contributed by atoms with Crippen molar-refractivity contribution in [3.8, 4) is 0 Å². The molecule has 1 heterocycles. The van der Waals surface area contributed by atoms with E-state index in [1.807, 2.05) is 0 Å². The molecule has 1 amide bonds. The second-order valence-corrected chi connectivity index (χ2v) is 6.06. The number of ether oxygens (including phenoxy) is 1. The molecular weight excluding hydrogens is 320 g/mol. The predicted octanol–water partition coefficient (Wildman–Crippen LogP) is 2.75. The second kappa shape index (κ2) is 6.48. The van der Waals surface area contributed by atoms with Crippen molar-refractivity contribution < 1.29 is 19.0 Å². The maximum Gasteiger partial charge on any atom is 0.255 e. The zero-order chi connectivity index (χ0) is 15.6. The van der Waals surface area contributed by atoms with E-state index in [9.17, 15) is 14.3 Å². The first-order valence-electron chi connectivity index (χ1n) is 6.52. The molecule has 116 valence electrons. The number of rotatable bonds is 3. The van der Waals surface area contributed by atoms with Crippen LogP contribution >= 0.6 is 23.2 Å². The van der Waals surface area contributed by atoms with Gasteiger partial charge in [0, 0.05) is 39.6 Å². The summed E-state index contributed by atoms with van der Waals surface area (Å²) in [6, 6.07) is 2.21. The van der Waals surface area contributed by atoms with Crippen LogP contribution in [0.15, 0.2) is 12.1 Å². The molecule has 1 aromatic carbocycles. The normalized spacial score (nSPS) is 17.6. The van der Waals surface area contributed by atoms with Gasteiger partial charge in [-0.2, -0.15) is 0 Å². The van der Waals surface area contributed by atoms with E-state index in [-0.39, 0.29) is 22.2 Å². The number of carbonyl (C=O) groups is 1. The summed E-state index contributed by atoms with van der Waals surface area (Å²) in [6.07, 6.45) is 0.903. The quantitative estimate of drug-likeness (QED) is 0.864. The van der Waals surface area contributed by atoms with Crippen LogP contribution < -0.4 is 0 Å². The first-order chi connectivity index (χ1) is 9.82. The van der Waals surface area contributed by atoms with Crippen LogP contribution in [0.3, 0.4) is 0 Å². The Morgan fingerprint density at radius 3 is 2.62 bits per heavy atom. The van der Waals surface area contributed by atoms with Crippen LogP contribution in [0.1, 0.15) is 23.2 Å². The lowest BCUT2D eigenvalue weighted by atomic mass is 9.93. The SMILES string of the molecule is CN(CC1(O)CCOCC1)C(=O)c1cc(F)c(Cl)cc1Cl. The monoisotopic (exact) mass is 335 g/mol. The van der Waals surface area contributed by atoms with Gasteiger partial charge in [-0.15, -0.1) is 0 Å². The fourth-order valence-corrected chi connectivity index (χ4v) is 2.78. The van der Waals surface area contributed by atoms with Crippen molar-refractivity contribution in [3.05, 3.63) is 33.6 Å². The minimum atomic E-state index is -0.986. The van der Waals surface area contributed by atoms with E-state index in [1.165, 1.54) is 11.0 Å². The predicted molar refractivity (Wildman–Crippen MR) is 78.4 cm³/mol. The third-order valence-corrected chi connectivity index (χ3v) is 4.14. The lowest BCUT2D eigenvalue weighted by molar-refractivity contribution is -0.0734. The van der Waals surface area contributed by atoms with Crippen molar-refractivity contribution in [1.29, 1.82) is 0 Å². The van der Waals surface area contributed by atoms with Gasteiger partial charge in [0.2, 0.25) is 0 Å². The largest absolute Gasteiger partial charge is 0.388 e. The molecule has 0 aliphatic carbocycles. The van der Waals surface area contributed by atoms with Crippen molar-refractivity contribution in [2.24, 2.45) is 0 Å². The molecule has 0 bridgehead atoms. The molecule has 2 rings (SSSR count). The molecule has 0 radical (unpaired) electrons. The zero-order valence-corrected chi connectivity index (χ0v) is 13.0. The van der Waals surface area contributed by atoms with E-state index in [2.05, 4.69) is 0 Å². The molecule has 0 spiro atoms.